The highest BCUT2D eigenvalue weighted by Crippen LogP contribution is 2.33. The van der Waals surface area contributed by atoms with Crippen molar-refractivity contribution in [2.75, 3.05) is 18.2 Å². The molecule has 1 heterocycles. The number of anilines is 1. The molecule has 1 N–H and O–H groups in total. The Bertz CT molecular complexity index is 612. The molecule has 0 fully saturated rings. The summed E-state index contributed by atoms with van der Waals surface area (Å²) < 4.78 is 42.4. The molecule has 18 heavy (non-hydrogen) atoms. The number of halogens is 1. The molecule has 5 nitrogen and oxygen atoms in total. The highest BCUT2D eigenvalue weighted by Gasteiger charge is 2.31. The molecule has 98 valence electrons. The van der Waals surface area contributed by atoms with Gasteiger partial charge >= 0.3 is 0 Å². The predicted octanol–water partition coefficient (Wildman–Crippen LogP) is 1.20. The van der Waals surface area contributed by atoms with Gasteiger partial charge < -0.3 is 10.1 Å². The van der Waals surface area contributed by atoms with Gasteiger partial charge in [0.05, 0.1) is 23.4 Å². The number of fused-ring (bicyclic) bond motifs is 1. The number of rotatable bonds is 1. The lowest BCUT2D eigenvalue weighted by Crippen LogP contribution is -2.22. The molecule has 2 rings (SSSR count). The van der Waals surface area contributed by atoms with Crippen molar-refractivity contribution < 1.29 is 22.3 Å². The van der Waals surface area contributed by atoms with Crippen molar-refractivity contribution in [3.8, 4) is 5.75 Å². The second kappa shape index (κ2) is 4.24. The maximum absolute atomic E-state index is 13.5. The SMILES string of the molecule is COc1cc2c(cc1F)NC(=O)C(C)CS2(=O)=O. The normalized spacial score (nSPS) is 21.7. The van der Waals surface area contributed by atoms with Crippen LogP contribution in [-0.4, -0.2) is 27.2 Å². The van der Waals surface area contributed by atoms with E-state index in [2.05, 4.69) is 5.32 Å². The van der Waals surface area contributed by atoms with E-state index in [9.17, 15) is 17.6 Å². The third-order valence-corrected chi connectivity index (χ3v) is 4.71. The molecule has 1 aromatic rings. The molecule has 1 aliphatic heterocycles. The Hall–Kier alpha value is -1.63. The Morgan fingerprint density at radius 3 is 2.72 bits per heavy atom. The fourth-order valence-corrected chi connectivity index (χ4v) is 3.52. The van der Waals surface area contributed by atoms with E-state index in [1.807, 2.05) is 0 Å². The Kier molecular flexibility index (Phi) is 3.02. The molecule has 0 aromatic heterocycles. The number of ether oxygens (including phenoxy) is 1. The van der Waals surface area contributed by atoms with Crippen LogP contribution in [0.1, 0.15) is 6.92 Å². The number of amides is 1. The molecule has 0 bridgehead atoms. The zero-order valence-electron chi connectivity index (χ0n) is 9.86. The van der Waals surface area contributed by atoms with Crippen LogP contribution in [0.4, 0.5) is 10.1 Å². The Balaban J connectivity index is 2.68. The van der Waals surface area contributed by atoms with Crippen LogP contribution >= 0.6 is 0 Å². The van der Waals surface area contributed by atoms with Gasteiger partial charge in [0.25, 0.3) is 0 Å². The molecule has 1 aromatic carbocycles. The summed E-state index contributed by atoms with van der Waals surface area (Å²) in [5.74, 6) is -2.32. The molecule has 0 radical (unpaired) electrons. The second-order valence-electron chi connectivity index (χ2n) is 4.15. The number of methoxy groups -OCH3 is 1. The summed E-state index contributed by atoms with van der Waals surface area (Å²) in [6, 6.07) is 2.06. The van der Waals surface area contributed by atoms with Gasteiger partial charge in [0.1, 0.15) is 0 Å². The van der Waals surface area contributed by atoms with Gasteiger partial charge in [-0.2, -0.15) is 0 Å². The fraction of sp³-hybridized carbons (Fsp3) is 0.364. The van der Waals surface area contributed by atoms with E-state index in [0.29, 0.717) is 0 Å². The van der Waals surface area contributed by atoms with Crippen LogP contribution < -0.4 is 10.1 Å². The minimum absolute atomic E-state index is 0.0392. The summed E-state index contributed by atoms with van der Waals surface area (Å²) >= 11 is 0. The highest BCUT2D eigenvalue weighted by atomic mass is 32.2. The maximum atomic E-state index is 13.5. The largest absolute Gasteiger partial charge is 0.494 e. The van der Waals surface area contributed by atoms with E-state index >= 15 is 0 Å². The summed E-state index contributed by atoms with van der Waals surface area (Å²) in [5.41, 5.74) is -0.0392. The lowest BCUT2D eigenvalue weighted by atomic mass is 10.2. The Morgan fingerprint density at radius 2 is 2.11 bits per heavy atom. The summed E-state index contributed by atoms with van der Waals surface area (Å²) in [7, 11) is -2.39. The molecular weight excluding hydrogens is 261 g/mol. The zero-order chi connectivity index (χ0) is 13.5. The number of hydrogen-bond acceptors (Lipinski definition) is 4. The Labute approximate surface area is 104 Å². The lowest BCUT2D eigenvalue weighted by molar-refractivity contribution is -0.118. The van der Waals surface area contributed by atoms with Gasteiger partial charge in [-0.05, 0) is 0 Å². The maximum Gasteiger partial charge on any atom is 0.228 e. The molecule has 1 amide bonds. The van der Waals surface area contributed by atoms with Crippen LogP contribution in [-0.2, 0) is 14.6 Å². The number of carbonyl (C=O) groups excluding carboxylic acids is 1. The molecule has 0 spiro atoms. The van der Waals surface area contributed by atoms with Gasteiger partial charge in [-0.1, -0.05) is 6.92 Å². The minimum atomic E-state index is -3.64. The molecular formula is C11H12FNO4S. The van der Waals surface area contributed by atoms with E-state index in [1.165, 1.54) is 14.0 Å². The quantitative estimate of drug-likeness (QED) is 0.780. The number of carbonyl (C=O) groups is 1. The lowest BCUT2D eigenvalue weighted by Gasteiger charge is -2.09. The van der Waals surface area contributed by atoms with Gasteiger partial charge in [-0.15, -0.1) is 0 Å². The van der Waals surface area contributed by atoms with Crippen molar-refractivity contribution in [1.82, 2.24) is 0 Å². The average molecular weight is 273 g/mol. The second-order valence-corrected chi connectivity index (χ2v) is 6.16. The summed E-state index contributed by atoms with van der Waals surface area (Å²) in [4.78, 5) is 11.5. The van der Waals surface area contributed by atoms with Crippen LogP contribution in [0.15, 0.2) is 17.0 Å². The van der Waals surface area contributed by atoms with Gasteiger partial charge in [0.15, 0.2) is 21.4 Å². The van der Waals surface area contributed by atoms with E-state index in [4.69, 9.17) is 4.74 Å². The summed E-state index contributed by atoms with van der Waals surface area (Å²) in [6.45, 7) is 1.51. The number of sulfone groups is 1. The molecule has 0 saturated carbocycles. The van der Waals surface area contributed by atoms with Gasteiger partial charge in [-0.3, -0.25) is 4.79 Å². The van der Waals surface area contributed by atoms with Gasteiger partial charge in [0, 0.05) is 18.1 Å². The first-order valence-corrected chi connectivity index (χ1v) is 6.91. The first-order chi connectivity index (χ1) is 8.35. The first kappa shape index (κ1) is 12.8. The predicted molar refractivity (Wildman–Crippen MR) is 62.8 cm³/mol. The van der Waals surface area contributed by atoms with Crippen molar-refractivity contribution in [2.24, 2.45) is 5.92 Å². The number of nitrogens with one attached hydrogen (secondary N) is 1. The van der Waals surface area contributed by atoms with Crippen LogP contribution in [0, 0.1) is 11.7 Å². The molecule has 0 aliphatic carbocycles. The number of benzene rings is 1. The molecule has 1 aliphatic rings. The summed E-state index contributed by atoms with van der Waals surface area (Å²) in [6.07, 6.45) is 0. The van der Waals surface area contributed by atoms with Crippen molar-refractivity contribution in [3.05, 3.63) is 17.9 Å². The van der Waals surface area contributed by atoms with Gasteiger partial charge in [-0.25, -0.2) is 12.8 Å². The fourth-order valence-electron chi connectivity index (χ4n) is 1.80. The molecule has 1 atom stereocenters. The topological polar surface area (TPSA) is 72.5 Å². The van der Waals surface area contributed by atoms with E-state index in [1.54, 1.807) is 0 Å². The monoisotopic (exact) mass is 273 g/mol. The molecule has 1 unspecified atom stereocenters. The first-order valence-electron chi connectivity index (χ1n) is 5.26. The van der Waals surface area contributed by atoms with E-state index in [-0.39, 0.29) is 22.1 Å². The van der Waals surface area contributed by atoms with Crippen molar-refractivity contribution in [3.63, 3.8) is 0 Å². The minimum Gasteiger partial charge on any atom is -0.494 e. The van der Waals surface area contributed by atoms with Crippen molar-refractivity contribution in [1.29, 1.82) is 0 Å². The van der Waals surface area contributed by atoms with E-state index in [0.717, 1.165) is 12.1 Å². The Morgan fingerprint density at radius 1 is 1.44 bits per heavy atom. The summed E-state index contributed by atoms with van der Waals surface area (Å²) in [5, 5.41) is 2.41. The zero-order valence-corrected chi connectivity index (χ0v) is 10.7. The van der Waals surface area contributed by atoms with Crippen LogP contribution in [0.3, 0.4) is 0 Å². The third kappa shape index (κ3) is 2.05. The third-order valence-electron chi connectivity index (χ3n) is 2.76. The van der Waals surface area contributed by atoms with Crippen molar-refractivity contribution >= 4 is 21.4 Å². The van der Waals surface area contributed by atoms with Crippen molar-refractivity contribution in [2.45, 2.75) is 11.8 Å². The number of hydrogen-bond donors (Lipinski definition) is 1. The average Bonchev–Trinajstić information content (AvgIpc) is 2.34. The van der Waals surface area contributed by atoms with Gasteiger partial charge in [0.2, 0.25) is 5.91 Å². The molecule has 7 heteroatoms. The standard InChI is InChI=1S/C11H12FNO4S/c1-6-5-18(15,16)10-4-9(17-2)7(12)3-8(10)13-11(6)14/h3-4,6H,5H2,1-2H3,(H,13,14). The van der Waals surface area contributed by atoms with Crippen LogP contribution in [0.5, 0.6) is 5.75 Å². The molecule has 0 saturated heterocycles. The smallest absolute Gasteiger partial charge is 0.228 e. The van der Waals surface area contributed by atoms with E-state index < -0.39 is 27.5 Å². The van der Waals surface area contributed by atoms with Crippen LogP contribution in [0.25, 0.3) is 0 Å². The highest BCUT2D eigenvalue weighted by molar-refractivity contribution is 7.91. The van der Waals surface area contributed by atoms with Crippen LogP contribution in [0.2, 0.25) is 0 Å².